The lowest BCUT2D eigenvalue weighted by atomic mass is 10.1. The highest BCUT2D eigenvalue weighted by Crippen LogP contribution is 2.09. The van der Waals surface area contributed by atoms with E-state index >= 15 is 0 Å². The number of rotatable bonds is 4. The highest BCUT2D eigenvalue weighted by Gasteiger charge is 2.19. The number of hydrogen-bond donors (Lipinski definition) is 1. The normalized spacial score (nSPS) is 18.4. The topological polar surface area (TPSA) is 65.4 Å². The second-order valence-corrected chi connectivity index (χ2v) is 3.71. The average molecular weight is 211 g/mol. The summed E-state index contributed by atoms with van der Waals surface area (Å²) in [6.45, 7) is 2.37. The van der Waals surface area contributed by atoms with Crippen LogP contribution in [0.5, 0.6) is 0 Å². The smallest absolute Gasteiger partial charge is 0.246 e. The molecule has 1 N–H and O–H groups in total. The maximum Gasteiger partial charge on any atom is 0.246 e. The van der Waals surface area contributed by atoms with Crippen molar-refractivity contribution < 1.29 is 9.53 Å². The standard InChI is InChI=1S/C10H17N3O2/c1-15-8-10(14)12-9-2-5-13(6-3-9)7-4-11/h9H,2-3,5-8H2,1H3,(H,12,14). The van der Waals surface area contributed by atoms with E-state index in [-0.39, 0.29) is 18.6 Å². The minimum Gasteiger partial charge on any atom is -0.375 e. The molecule has 1 amide bonds. The molecular formula is C10H17N3O2. The molecule has 0 aromatic heterocycles. The number of carbonyl (C=O) groups excluding carboxylic acids is 1. The Labute approximate surface area is 90.0 Å². The van der Waals surface area contributed by atoms with Gasteiger partial charge in [-0.05, 0) is 12.8 Å². The van der Waals surface area contributed by atoms with Crippen LogP contribution in [0.2, 0.25) is 0 Å². The Morgan fingerprint density at radius 2 is 2.27 bits per heavy atom. The molecule has 1 saturated heterocycles. The van der Waals surface area contributed by atoms with Gasteiger partial charge in [0, 0.05) is 26.2 Å². The van der Waals surface area contributed by atoms with Gasteiger partial charge in [-0.25, -0.2) is 0 Å². The number of ether oxygens (including phenoxy) is 1. The van der Waals surface area contributed by atoms with Crippen molar-refractivity contribution >= 4 is 5.91 Å². The summed E-state index contributed by atoms with van der Waals surface area (Å²) in [7, 11) is 1.51. The Hall–Kier alpha value is -1.12. The summed E-state index contributed by atoms with van der Waals surface area (Å²) in [6, 6.07) is 2.37. The molecule has 0 atom stereocenters. The Kier molecular flexibility index (Phi) is 5.08. The fourth-order valence-corrected chi connectivity index (χ4v) is 1.74. The average Bonchev–Trinajstić information content (AvgIpc) is 2.22. The molecule has 0 spiro atoms. The lowest BCUT2D eigenvalue weighted by Gasteiger charge is -2.30. The maximum atomic E-state index is 11.2. The number of nitrogens with zero attached hydrogens (tertiary/aromatic N) is 2. The molecule has 0 radical (unpaired) electrons. The fraction of sp³-hybridized carbons (Fsp3) is 0.800. The second-order valence-electron chi connectivity index (χ2n) is 3.71. The summed E-state index contributed by atoms with van der Waals surface area (Å²) >= 11 is 0. The van der Waals surface area contributed by atoms with Crippen LogP contribution in [0.25, 0.3) is 0 Å². The number of nitrogens with one attached hydrogen (secondary N) is 1. The molecule has 0 aromatic rings. The number of amides is 1. The van der Waals surface area contributed by atoms with Gasteiger partial charge in [0.05, 0.1) is 12.6 Å². The first-order chi connectivity index (χ1) is 7.26. The molecule has 84 valence electrons. The van der Waals surface area contributed by atoms with E-state index < -0.39 is 0 Å². The molecule has 0 aromatic carbocycles. The first kappa shape index (κ1) is 12.0. The summed E-state index contributed by atoms with van der Waals surface area (Å²) in [5.74, 6) is -0.0590. The molecule has 5 nitrogen and oxygen atoms in total. The van der Waals surface area contributed by atoms with Crippen molar-refractivity contribution in [3.63, 3.8) is 0 Å². The molecule has 1 aliphatic heterocycles. The van der Waals surface area contributed by atoms with Crippen LogP contribution in [0.4, 0.5) is 0 Å². The third-order valence-corrected chi connectivity index (χ3v) is 2.52. The number of hydrogen-bond acceptors (Lipinski definition) is 4. The first-order valence-corrected chi connectivity index (χ1v) is 5.14. The maximum absolute atomic E-state index is 11.2. The van der Waals surface area contributed by atoms with Crippen molar-refractivity contribution in [1.82, 2.24) is 10.2 Å². The van der Waals surface area contributed by atoms with Gasteiger partial charge in [0.2, 0.25) is 5.91 Å². The molecule has 5 heteroatoms. The van der Waals surface area contributed by atoms with E-state index in [2.05, 4.69) is 16.3 Å². The summed E-state index contributed by atoms with van der Waals surface area (Å²) in [5.41, 5.74) is 0. The van der Waals surface area contributed by atoms with Crippen LogP contribution < -0.4 is 5.32 Å². The van der Waals surface area contributed by atoms with Gasteiger partial charge < -0.3 is 10.1 Å². The van der Waals surface area contributed by atoms with Crippen molar-refractivity contribution in [3.05, 3.63) is 0 Å². The molecule has 0 saturated carbocycles. The zero-order valence-corrected chi connectivity index (χ0v) is 9.03. The van der Waals surface area contributed by atoms with Gasteiger partial charge in [-0.2, -0.15) is 5.26 Å². The van der Waals surface area contributed by atoms with Crippen LogP contribution in [0.1, 0.15) is 12.8 Å². The lowest BCUT2D eigenvalue weighted by Crippen LogP contribution is -2.45. The van der Waals surface area contributed by atoms with Gasteiger partial charge in [0.25, 0.3) is 0 Å². The number of likely N-dealkylation sites (tertiary alicyclic amines) is 1. The third kappa shape index (κ3) is 4.28. The van der Waals surface area contributed by atoms with Crippen molar-refractivity contribution in [2.45, 2.75) is 18.9 Å². The molecule has 15 heavy (non-hydrogen) atoms. The minimum atomic E-state index is -0.0590. The van der Waals surface area contributed by atoms with Gasteiger partial charge >= 0.3 is 0 Å². The summed E-state index contributed by atoms with van der Waals surface area (Å²) in [4.78, 5) is 13.3. The highest BCUT2D eigenvalue weighted by atomic mass is 16.5. The van der Waals surface area contributed by atoms with Crippen LogP contribution >= 0.6 is 0 Å². The van der Waals surface area contributed by atoms with E-state index in [1.165, 1.54) is 7.11 Å². The number of methoxy groups -OCH3 is 1. The van der Waals surface area contributed by atoms with E-state index in [1.807, 2.05) is 0 Å². The Morgan fingerprint density at radius 3 is 2.80 bits per heavy atom. The minimum absolute atomic E-state index is 0.0590. The summed E-state index contributed by atoms with van der Waals surface area (Å²) in [5, 5.41) is 11.4. The Morgan fingerprint density at radius 1 is 1.60 bits per heavy atom. The van der Waals surface area contributed by atoms with Crippen LogP contribution in [0.15, 0.2) is 0 Å². The predicted octanol–water partition coefficient (Wildman–Crippen LogP) is -0.263. The van der Waals surface area contributed by atoms with Crippen LogP contribution in [-0.4, -0.2) is 50.2 Å². The Balaban J connectivity index is 2.20. The molecule has 0 bridgehead atoms. The van der Waals surface area contributed by atoms with E-state index in [1.54, 1.807) is 0 Å². The third-order valence-electron chi connectivity index (χ3n) is 2.52. The van der Waals surface area contributed by atoms with Crippen molar-refractivity contribution in [2.75, 3.05) is 33.4 Å². The summed E-state index contributed by atoms with van der Waals surface area (Å²) in [6.07, 6.45) is 1.83. The van der Waals surface area contributed by atoms with Crippen molar-refractivity contribution in [1.29, 1.82) is 5.26 Å². The molecular weight excluding hydrogens is 194 g/mol. The van der Waals surface area contributed by atoms with Gasteiger partial charge in [-0.1, -0.05) is 0 Å². The molecule has 1 rings (SSSR count). The zero-order valence-electron chi connectivity index (χ0n) is 9.03. The largest absolute Gasteiger partial charge is 0.375 e. The zero-order chi connectivity index (χ0) is 11.1. The van der Waals surface area contributed by atoms with Crippen molar-refractivity contribution in [2.24, 2.45) is 0 Å². The summed E-state index contributed by atoms with van der Waals surface area (Å²) < 4.78 is 4.74. The second kappa shape index (κ2) is 6.38. The predicted molar refractivity (Wildman–Crippen MR) is 55.1 cm³/mol. The highest BCUT2D eigenvalue weighted by molar-refractivity contribution is 5.77. The van der Waals surface area contributed by atoms with E-state index in [9.17, 15) is 4.79 Å². The van der Waals surface area contributed by atoms with Gasteiger partial charge in [-0.15, -0.1) is 0 Å². The fourth-order valence-electron chi connectivity index (χ4n) is 1.74. The Bertz CT molecular complexity index is 242. The monoisotopic (exact) mass is 211 g/mol. The quantitative estimate of drug-likeness (QED) is 0.650. The van der Waals surface area contributed by atoms with E-state index in [0.29, 0.717) is 6.54 Å². The first-order valence-electron chi connectivity index (χ1n) is 5.14. The molecule has 1 aliphatic rings. The number of nitriles is 1. The van der Waals surface area contributed by atoms with Crippen LogP contribution in [0.3, 0.4) is 0 Å². The van der Waals surface area contributed by atoms with Crippen LogP contribution in [-0.2, 0) is 9.53 Å². The van der Waals surface area contributed by atoms with E-state index in [4.69, 9.17) is 10.00 Å². The molecule has 0 aliphatic carbocycles. The molecule has 1 fully saturated rings. The van der Waals surface area contributed by atoms with Crippen LogP contribution in [0, 0.1) is 11.3 Å². The van der Waals surface area contributed by atoms with Gasteiger partial charge in [0.15, 0.2) is 0 Å². The number of piperidine rings is 1. The van der Waals surface area contributed by atoms with Crippen molar-refractivity contribution in [3.8, 4) is 6.07 Å². The molecule has 1 heterocycles. The number of carbonyl (C=O) groups is 1. The SMILES string of the molecule is COCC(=O)NC1CCN(CC#N)CC1. The lowest BCUT2D eigenvalue weighted by molar-refractivity contribution is -0.125. The van der Waals surface area contributed by atoms with Gasteiger partial charge in [0.1, 0.15) is 6.61 Å². The van der Waals surface area contributed by atoms with Gasteiger partial charge in [-0.3, -0.25) is 9.69 Å². The van der Waals surface area contributed by atoms with E-state index in [0.717, 1.165) is 25.9 Å². The molecule has 0 unspecified atom stereocenters.